The van der Waals surface area contributed by atoms with Crippen molar-refractivity contribution < 1.29 is 9.59 Å². The van der Waals surface area contributed by atoms with Crippen molar-refractivity contribution in [3.05, 3.63) is 45.9 Å². The summed E-state index contributed by atoms with van der Waals surface area (Å²) in [4.78, 5) is 28.2. The summed E-state index contributed by atoms with van der Waals surface area (Å²) < 4.78 is 0.585. The molecule has 26 heavy (non-hydrogen) atoms. The number of aryl methyl sites for hydroxylation is 1. The molecular weight excluding hydrogens is 414 g/mol. The molecule has 2 aromatic heterocycles. The molecule has 0 saturated heterocycles. The van der Waals surface area contributed by atoms with E-state index < -0.39 is 0 Å². The molecule has 1 aromatic carbocycles. The number of amides is 2. The molecule has 0 aliphatic rings. The standard InChI is InChI=1S/C15H12ClN5O2S3/c1-8-6-24-13(17-8)18-11(22)7-25-15-21-20-14(26-15)19-12(23)9-2-4-10(16)5-3-9/h2-6H,7H2,1H3,(H,17,18,22)(H,19,20,23). The number of nitrogens with one attached hydrogen (secondary N) is 2. The van der Waals surface area contributed by atoms with E-state index in [1.54, 1.807) is 24.3 Å². The second-order valence-corrected chi connectivity index (χ2v) is 8.46. The van der Waals surface area contributed by atoms with E-state index >= 15 is 0 Å². The zero-order valence-corrected chi connectivity index (χ0v) is 16.6. The van der Waals surface area contributed by atoms with Crippen LogP contribution in [0.5, 0.6) is 0 Å². The van der Waals surface area contributed by atoms with Crippen LogP contribution in [0.4, 0.5) is 10.3 Å². The largest absolute Gasteiger partial charge is 0.301 e. The quantitative estimate of drug-likeness (QED) is 0.458. The number of thiazole rings is 1. The van der Waals surface area contributed by atoms with Crippen LogP contribution in [-0.2, 0) is 4.79 Å². The molecule has 0 fully saturated rings. The fourth-order valence-corrected chi connectivity index (χ4v) is 4.16. The first kappa shape index (κ1) is 18.8. The van der Waals surface area contributed by atoms with Crippen LogP contribution in [0, 0.1) is 6.92 Å². The number of rotatable bonds is 6. The Hall–Kier alpha value is -2.01. The van der Waals surface area contributed by atoms with Crippen LogP contribution in [0.25, 0.3) is 0 Å². The number of nitrogens with zero attached hydrogens (tertiary/aromatic N) is 3. The van der Waals surface area contributed by atoms with Gasteiger partial charge in [-0.2, -0.15) is 0 Å². The van der Waals surface area contributed by atoms with Crippen LogP contribution in [-0.4, -0.2) is 32.7 Å². The number of hydrogen-bond acceptors (Lipinski definition) is 8. The Morgan fingerprint density at radius 3 is 2.62 bits per heavy atom. The summed E-state index contributed by atoms with van der Waals surface area (Å²) in [6.45, 7) is 1.86. The number of carbonyl (C=O) groups is 2. The number of hydrogen-bond donors (Lipinski definition) is 2. The molecule has 0 atom stereocenters. The van der Waals surface area contributed by atoms with Crippen molar-refractivity contribution in [2.24, 2.45) is 0 Å². The highest BCUT2D eigenvalue weighted by molar-refractivity contribution is 8.01. The summed E-state index contributed by atoms with van der Waals surface area (Å²) in [5.41, 5.74) is 1.33. The van der Waals surface area contributed by atoms with E-state index in [-0.39, 0.29) is 17.6 Å². The van der Waals surface area contributed by atoms with Gasteiger partial charge in [0.2, 0.25) is 11.0 Å². The van der Waals surface area contributed by atoms with E-state index in [4.69, 9.17) is 11.6 Å². The topological polar surface area (TPSA) is 96.9 Å². The minimum absolute atomic E-state index is 0.175. The van der Waals surface area contributed by atoms with Crippen molar-refractivity contribution in [2.45, 2.75) is 11.3 Å². The van der Waals surface area contributed by atoms with Crippen LogP contribution in [0.1, 0.15) is 16.1 Å². The highest BCUT2D eigenvalue weighted by Crippen LogP contribution is 2.26. The molecule has 0 bridgehead atoms. The molecule has 7 nitrogen and oxygen atoms in total. The summed E-state index contributed by atoms with van der Waals surface area (Å²) >= 11 is 9.62. The zero-order chi connectivity index (χ0) is 18.5. The average Bonchev–Trinajstić information content (AvgIpc) is 3.22. The van der Waals surface area contributed by atoms with Gasteiger partial charge in [-0.25, -0.2) is 4.98 Å². The maximum absolute atomic E-state index is 12.1. The lowest BCUT2D eigenvalue weighted by Crippen LogP contribution is -2.13. The summed E-state index contributed by atoms with van der Waals surface area (Å²) in [6.07, 6.45) is 0. The van der Waals surface area contributed by atoms with Gasteiger partial charge in [-0.3, -0.25) is 14.9 Å². The molecule has 2 heterocycles. The van der Waals surface area contributed by atoms with E-state index in [1.807, 2.05) is 12.3 Å². The van der Waals surface area contributed by atoms with Crippen LogP contribution < -0.4 is 10.6 Å². The Morgan fingerprint density at radius 2 is 1.92 bits per heavy atom. The minimum atomic E-state index is -0.300. The normalized spacial score (nSPS) is 10.5. The van der Waals surface area contributed by atoms with E-state index in [9.17, 15) is 9.59 Å². The Kier molecular flexibility index (Phi) is 6.20. The van der Waals surface area contributed by atoms with E-state index in [0.717, 1.165) is 5.69 Å². The number of halogens is 1. The molecule has 0 radical (unpaired) electrons. The summed E-state index contributed by atoms with van der Waals surface area (Å²) in [7, 11) is 0. The van der Waals surface area contributed by atoms with Gasteiger partial charge < -0.3 is 5.32 Å². The minimum Gasteiger partial charge on any atom is -0.301 e. The van der Waals surface area contributed by atoms with Gasteiger partial charge in [0.1, 0.15) is 0 Å². The van der Waals surface area contributed by atoms with Crippen LogP contribution in [0.15, 0.2) is 34.0 Å². The van der Waals surface area contributed by atoms with Crippen molar-refractivity contribution in [3.63, 3.8) is 0 Å². The molecule has 11 heteroatoms. The maximum Gasteiger partial charge on any atom is 0.257 e. The highest BCUT2D eigenvalue weighted by atomic mass is 35.5. The molecule has 3 aromatic rings. The first-order valence-electron chi connectivity index (χ1n) is 7.25. The van der Waals surface area contributed by atoms with E-state index in [1.165, 1.54) is 34.4 Å². The smallest absolute Gasteiger partial charge is 0.257 e. The number of aromatic nitrogens is 3. The molecule has 2 N–H and O–H groups in total. The van der Waals surface area contributed by atoms with Gasteiger partial charge in [0.25, 0.3) is 5.91 Å². The lowest BCUT2D eigenvalue weighted by atomic mass is 10.2. The number of benzene rings is 1. The molecule has 134 valence electrons. The van der Waals surface area contributed by atoms with E-state index in [0.29, 0.717) is 25.2 Å². The van der Waals surface area contributed by atoms with Crippen LogP contribution in [0.3, 0.4) is 0 Å². The lowest BCUT2D eigenvalue weighted by Gasteiger charge is -2.00. The zero-order valence-electron chi connectivity index (χ0n) is 13.4. The van der Waals surface area contributed by atoms with Gasteiger partial charge >= 0.3 is 0 Å². The molecule has 0 saturated carbocycles. The third kappa shape index (κ3) is 5.24. The van der Waals surface area contributed by atoms with Gasteiger partial charge in [-0.1, -0.05) is 34.7 Å². The highest BCUT2D eigenvalue weighted by Gasteiger charge is 2.12. The monoisotopic (exact) mass is 425 g/mol. The third-order valence-corrected chi connectivity index (χ3v) is 6.02. The average molecular weight is 426 g/mol. The van der Waals surface area contributed by atoms with Crippen molar-refractivity contribution in [1.29, 1.82) is 0 Å². The number of thioether (sulfide) groups is 1. The molecule has 3 rings (SSSR count). The molecule has 0 aliphatic carbocycles. The molecule has 2 amide bonds. The molecule has 0 aliphatic heterocycles. The van der Waals surface area contributed by atoms with Gasteiger partial charge in [0, 0.05) is 16.0 Å². The van der Waals surface area contributed by atoms with E-state index in [2.05, 4.69) is 25.8 Å². The van der Waals surface area contributed by atoms with Gasteiger partial charge in [0.15, 0.2) is 9.47 Å². The van der Waals surface area contributed by atoms with Crippen LogP contribution >= 0.6 is 46.0 Å². The Morgan fingerprint density at radius 1 is 1.15 bits per heavy atom. The SMILES string of the molecule is Cc1csc(NC(=O)CSc2nnc(NC(=O)c3ccc(Cl)cc3)s2)n1. The third-order valence-electron chi connectivity index (χ3n) is 2.93. The number of anilines is 2. The Bertz CT molecular complexity index is 926. The molecule has 0 unspecified atom stereocenters. The fourth-order valence-electron chi connectivity index (χ4n) is 1.78. The van der Waals surface area contributed by atoms with Crippen molar-refractivity contribution in [2.75, 3.05) is 16.4 Å². The predicted molar refractivity (Wildman–Crippen MR) is 106 cm³/mol. The predicted octanol–water partition coefficient (Wildman–Crippen LogP) is 3.94. The fraction of sp³-hybridized carbons (Fsp3) is 0.133. The number of carbonyl (C=O) groups excluding carboxylic acids is 2. The Labute approximate surface area is 166 Å². The summed E-state index contributed by atoms with van der Waals surface area (Å²) in [5.74, 6) is -0.296. The van der Waals surface area contributed by atoms with Gasteiger partial charge in [-0.05, 0) is 31.2 Å². The van der Waals surface area contributed by atoms with Gasteiger partial charge in [0.05, 0.1) is 11.4 Å². The first-order chi connectivity index (χ1) is 12.5. The van der Waals surface area contributed by atoms with Crippen molar-refractivity contribution in [1.82, 2.24) is 15.2 Å². The van der Waals surface area contributed by atoms with Crippen molar-refractivity contribution in [3.8, 4) is 0 Å². The second-order valence-electron chi connectivity index (χ2n) is 4.97. The Balaban J connectivity index is 1.50. The first-order valence-corrected chi connectivity index (χ1v) is 10.3. The summed E-state index contributed by atoms with van der Waals surface area (Å²) in [6, 6.07) is 6.53. The summed E-state index contributed by atoms with van der Waals surface area (Å²) in [5, 5.41) is 16.6. The van der Waals surface area contributed by atoms with Gasteiger partial charge in [-0.15, -0.1) is 21.5 Å². The molecular formula is C15H12ClN5O2S3. The van der Waals surface area contributed by atoms with Crippen molar-refractivity contribution >= 4 is 68.1 Å². The van der Waals surface area contributed by atoms with Crippen LogP contribution in [0.2, 0.25) is 5.02 Å². The molecule has 0 spiro atoms. The lowest BCUT2D eigenvalue weighted by molar-refractivity contribution is -0.113. The second kappa shape index (κ2) is 8.58. The maximum atomic E-state index is 12.1.